The Kier molecular flexibility index (Phi) is 6.29. The third kappa shape index (κ3) is 4.38. The lowest BCUT2D eigenvalue weighted by atomic mass is 9.90. The summed E-state index contributed by atoms with van der Waals surface area (Å²) in [4.78, 5) is 7.00. The fourth-order valence-electron chi connectivity index (χ4n) is 4.45. The Bertz CT molecular complexity index is 795. The number of hydrogen-bond donors (Lipinski definition) is 1. The number of ether oxygens (including phenoxy) is 2. The molecular weight excluding hydrogens is 370 g/mol. The maximum Gasteiger partial charge on any atom is 0.258 e. The van der Waals surface area contributed by atoms with Crippen molar-refractivity contribution in [1.82, 2.24) is 15.0 Å². The van der Waals surface area contributed by atoms with Crippen LogP contribution in [-0.2, 0) is 15.1 Å². The molecule has 0 unspecified atom stereocenters. The summed E-state index contributed by atoms with van der Waals surface area (Å²) in [5, 5.41) is 14.9. The quantitative estimate of drug-likeness (QED) is 0.797. The van der Waals surface area contributed by atoms with Crippen molar-refractivity contribution in [3.8, 4) is 0 Å². The van der Waals surface area contributed by atoms with E-state index in [-0.39, 0.29) is 0 Å². The number of methoxy groups -OCH3 is 1. The van der Waals surface area contributed by atoms with Crippen LogP contribution in [0.2, 0.25) is 0 Å². The van der Waals surface area contributed by atoms with E-state index in [1.54, 1.807) is 7.11 Å². The predicted molar refractivity (Wildman–Crippen MR) is 108 cm³/mol. The summed E-state index contributed by atoms with van der Waals surface area (Å²) in [6, 6.07) is 8.01. The molecule has 1 N–H and O–H groups in total. The molecule has 0 aliphatic carbocycles. The van der Waals surface area contributed by atoms with Gasteiger partial charge in [0.15, 0.2) is 5.82 Å². The topological polar surface area (TPSA) is 80.9 Å². The average Bonchev–Trinajstić information content (AvgIpc) is 3.26. The molecule has 2 aliphatic heterocycles. The molecule has 4 rings (SSSR count). The van der Waals surface area contributed by atoms with Gasteiger partial charge in [-0.2, -0.15) is 4.98 Å². The third-order valence-corrected chi connectivity index (χ3v) is 6.45. The molecule has 1 atom stereocenters. The van der Waals surface area contributed by atoms with Crippen LogP contribution in [0, 0.1) is 6.92 Å². The van der Waals surface area contributed by atoms with Crippen LogP contribution < -0.4 is 0 Å². The standard InChI is InChI=1S/C22H31N3O4/c1-16-5-3-4-6-18(16)19(26)15-25-11-9-22(27-2,10-12-25)21-23-20(24-29-21)17-7-13-28-14-8-17/h3-6,17,19,26H,7-15H2,1-2H3/t19-/m1/s1. The molecule has 2 fully saturated rings. The second kappa shape index (κ2) is 8.92. The first kappa shape index (κ1) is 20.5. The van der Waals surface area contributed by atoms with Crippen molar-refractivity contribution in [2.45, 2.75) is 50.2 Å². The molecule has 29 heavy (non-hydrogen) atoms. The smallest absolute Gasteiger partial charge is 0.258 e. The SMILES string of the molecule is COC1(c2nc(C3CCOCC3)no2)CCN(C[C@@H](O)c2ccccc2C)CC1. The molecule has 2 aromatic rings. The van der Waals surface area contributed by atoms with Crippen LogP contribution in [0.1, 0.15) is 60.5 Å². The van der Waals surface area contributed by atoms with Gasteiger partial charge in [0.05, 0.1) is 6.10 Å². The van der Waals surface area contributed by atoms with Crippen molar-refractivity contribution in [1.29, 1.82) is 0 Å². The van der Waals surface area contributed by atoms with E-state index in [2.05, 4.69) is 10.1 Å². The Morgan fingerprint density at radius 2 is 1.97 bits per heavy atom. The average molecular weight is 402 g/mol. The summed E-state index contributed by atoms with van der Waals surface area (Å²) in [5.74, 6) is 1.66. The van der Waals surface area contributed by atoms with Crippen LogP contribution in [0.3, 0.4) is 0 Å². The lowest BCUT2D eigenvalue weighted by molar-refractivity contribution is -0.0866. The number of hydrogen-bond acceptors (Lipinski definition) is 7. The summed E-state index contributed by atoms with van der Waals surface area (Å²) in [6.45, 7) is 5.78. The highest BCUT2D eigenvalue weighted by Crippen LogP contribution is 2.37. The van der Waals surface area contributed by atoms with Crippen molar-refractivity contribution >= 4 is 0 Å². The summed E-state index contributed by atoms with van der Waals surface area (Å²) in [6.07, 6.45) is 2.90. The van der Waals surface area contributed by atoms with Crippen LogP contribution in [0.25, 0.3) is 0 Å². The number of rotatable bonds is 6. The molecule has 1 aromatic carbocycles. The zero-order valence-electron chi connectivity index (χ0n) is 17.3. The summed E-state index contributed by atoms with van der Waals surface area (Å²) in [7, 11) is 1.72. The van der Waals surface area contributed by atoms with E-state index >= 15 is 0 Å². The van der Waals surface area contributed by atoms with E-state index in [0.29, 0.717) is 18.4 Å². The molecule has 2 aliphatic rings. The van der Waals surface area contributed by atoms with Gasteiger partial charge < -0.3 is 24.0 Å². The Balaban J connectivity index is 1.39. The molecule has 2 saturated heterocycles. The molecule has 158 valence electrons. The maximum absolute atomic E-state index is 10.7. The van der Waals surface area contributed by atoms with E-state index in [1.165, 1.54) is 0 Å². The highest BCUT2D eigenvalue weighted by molar-refractivity contribution is 5.27. The summed E-state index contributed by atoms with van der Waals surface area (Å²) in [5.41, 5.74) is 1.57. The second-order valence-electron chi connectivity index (χ2n) is 8.22. The monoisotopic (exact) mass is 401 g/mol. The fraction of sp³-hybridized carbons (Fsp3) is 0.636. The van der Waals surface area contributed by atoms with E-state index in [9.17, 15) is 5.11 Å². The second-order valence-corrected chi connectivity index (χ2v) is 8.22. The van der Waals surface area contributed by atoms with Gasteiger partial charge in [0, 0.05) is 45.9 Å². The van der Waals surface area contributed by atoms with E-state index < -0.39 is 11.7 Å². The zero-order chi connectivity index (χ0) is 20.3. The van der Waals surface area contributed by atoms with Gasteiger partial charge in [0.25, 0.3) is 5.89 Å². The molecule has 0 amide bonds. The lowest BCUT2D eigenvalue weighted by Crippen LogP contribution is -2.45. The van der Waals surface area contributed by atoms with Crippen molar-refractivity contribution in [2.75, 3.05) is 40.0 Å². The highest BCUT2D eigenvalue weighted by atomic mass is 16.5. The van der Waals surface area contributed by atoms with Crippen LogP contribution >= 0.6 is 0 Å². The summed E-state index contributed by atoms with van der Waals surface area (Å²) >= 11 is 0. The van der Waals surface area contributed by atoms with Crippen LogP contribution in [0.5, 0.6) is 0 Å². The number of benzene rings is 1. The van der Waals surface area contributed by atoms with Gasteiger partial charge in [-0.05, 0) is 43.7 Å². The number of β-amino-alcohol motifs (C(OH)–C–C–N with tert-alkyl or cyclic N) is 1. The minimum absolute atomic E-state index is 0.305. The first-order valence-electron chi connectivity index (χ1n) is 10.5. The maximum atomic E-state index is 10.7. The first-order chi connectivity index (χ1) is 14.1. The van der Waals surface area contributed by atoms with Gasteiger partial charge in [0.1, 0.15) is 5.60 Å². The van der Waals surface area contributed by atoms with Crippen LogP contribution in [0.4, 0.5) is 0 Å². The number of aliphatic hydroxyl groups excluding tert-OH is 1. The number of aromatic nitrogens is 2. The van der Waals surface area contributed by atoms with Gasteiger partial charge in [-0.25, -0.2) is 0 Å². The Hall–Kier alpha value is -1.80. The molecule has 0 spiro atoms. The minimum atomic E-state index is -0.541. The van der Waals surface area contributed by atoms with Gasteiger partial charge in [-0.3, -0.25) is 0 Å². The Labute approximate surface area is 172 Å². The molecule has 3 heterocycles. The van der Waals surface area contributed by atoms with Crippen molar-refractivity contribution in [3.05, 3.63) is 47.1 Å². The lowest BCUT2D eigenvalue weighted by Gasteiger charge is -2.39. The highest BCUT2D eigenvalue weighted by Gasteiger charge is 2.42. The molecule has 1 aromatic heterocycles. The molecule has 0 bridgehead atoms. The molecule has 7 nitrogen and oxygen atoms in total. The van der Waals surface area contributed by atoms with Crippen LogP contribution in [0.15, 0.2) is 28.8 Å². The number of aryl methyl sites for hydroxylation is 1. The van der Waals surface area contributed by atoms with Crippen molar-refractivity contribution in [2.24, 2.45) is 0 Å². The molecule has 0 saturated carbocycles. The van der Waals surface area contributed by atoms with E-state index in [4.69, 9.17) is 19.0 Å². The van der Waals surface area contributed by atoms with E-state index in [0.717, 1.165) is 68.9 Å². The largest absolute Gasteiger partial charge is 0.387 e. The molecule has 7 heteroatoms. The predicted octanol–water partition coefficient (Wildman–Crippen LogP) is 2.94. The summed E-state index contributed by atoms with van der Waals surface area (Å²) < 4.78 is 17.0. The number of aliphatic hydroxyl groups is 1. The molecular formula is C22H31N3O4. The van der Waals surface area contributed by atoms with Crippen molar-refractivity contribution in [3.63, 3.8) is 0 Å². The minimum Gasteiger partial charge on any atom is -0.387 e. The van der Waals surface area contributed by atoms with E-state index in [1.807, 2.05) is 31.2 Å². The Morgan fingerprint density at radius 3 is 2.66 bits per heavy atom. The zero-order valence-corrected chi connectivity index (χ0v) is 17.3. The number of nitrogens with zero attached hydrogens (tertiary/aromatic N) is 3. The Morgan fingerprint density at radius 1 is 1.24 bits per heavy atom. The van der Waals surface area contributed by atoms with Crippen molar-refractivity contribution < 1.29 is 19.1 Å². The van der Waals surface area contributed by atoms with Gasteiger partial charge in [-0.1, -0.05) is 29.4 Å². The fourth-order valence-corrected chi connectivity index (χ4v) is 4.45. The van der Waals surface area contributed by atoms with Gasteiger partial charge in [0.2, 0.25) is 0 Å². The first-order valence-corrected chi connectivity index (χ1v) is 10.5. The third-order valence-electron chi connectivity index (χ3n) is 6.45. The number of piperidine rings is 1. The van der Waals surface area contributed by atoms with Crippen LogP contribution in [-0.4, -0.2) is 60.1 Å². The molecule has 0 radical (unpaired) electrons. The normalized spacial score (nSPS) is 21.9. The van der Waals surface area contributed by atoms with Gasteiger partial charge >= 0.3 is 0 Å². The van der Waals surface area contributed by atoms with Gasteiger partial charge in [-0.15, -0.1) is 0 Å². The number of likely N-dealkylation sites (tertiary alicyclic amines) is 1.